The van der Waals surface area contributed by atoms with Crippen LogP contribution in [0.2, 0.25) is 0 Å². The molecule has 2 fully saturated rings. The van der Waals surface area contributed by atoms with Gasteiger partial charge in [0.05, 0.1) is 28.4 Å². The Morgan fingerprint density at radius 3 is 2.57 bits per heavy atom. The normalized spacial score (nSPS) is 17.3. The van der Waals surface area contributed by atoms with Crippen LogP contribution in [-0.2, 0) is 0 Å². The fraction of sp³-hybridized carbons (Fsp3) is 0.385. The van der Waals surface area contributed by atoms with Crippen molar-refractivity contribution in [1.82, 2.24) is 14.3 Å². The quantitative estimate of drug-likeness (QED) is 0.479. The molecule has 0 spiro atoms. The lowest BCUT2D eigenvalue weighted by Gasteiger charge is -2.29. The number of Topliss-reactive ketones (excluding diaryl/α,β-unsaturated/α-hetero) is 1. The van der Waals surface area contributed by atoms with Crippen LogP contribution in [-0.4, -0.2) is 50.2 Å². The van der Waals surface area contributed by atoms with Crippen molar-refractivity contribution in [2.24, 2.45) is 5.92 Å². The third-order valence-corrected chi connectivity index (χ3v) is 7.37. The molecule has 1 N–H and O–H groups in total. The second-order valence-electron chi connectivity index (χ2n) is 9.11. The van der Waals surface area contributed by atoms with Crippen LogP contribution in [0.4, 0.5) is 4.39 Å². The zero-order valence-corrected chi connectivity index (χ0v) is 20.1. The lowest BCUT2D eigenvalue weighted by molar-refractivity contribution is 0.0542. The number of rotatable bonds is 7. The molecule has 9 heteroatoms. The minimum absolute atomic E-state index is 0.0217. The molecule has 1 saturated carbocycles. The zero-order valence-electron chi connectivity index (χ0n) is 19.3. The van der Waals surface area contributed by atoms with E-state index < -0.39 is 11.9 Å². The number of carbonyl (C=O) groups is 2. The molecule has 2 aliphatic rings. The highest BCUT2D eigenvalue weighted by Gasteiger charge is 2.31. The predicted octanol–water partition coefficient (Wildman–Crippen LogP) is 4.67. The van der Waals surface area contributed by atoms with Gasteiger partial charge in [0.15, 0.2) is 5.78 Å². The molecule has 3 heterocycles. The molecule has 1 saturated heterocycles. The number of aliphatic hydroxyl groups is 1. The number of aromatic nitrogens is 2. The van der Waals surface area contributed by atoms with E-state index in [1.54, 1.807) is 29.3 Å². The molecule has 0 radical (unpaired) electrons. The highest BCUT2D eigenvalue weighted by atomic mass is 32.1. The zero-order chi connectivity index (χ0) is 24.5. The number of hydrogen-bond acceptors (Lipinski definition) is 7. The predicted molar refractivity (Wildman–Crippen MR) is 129 cm³/mol. The first-order valence-corrected chi connectivity index (χ1v) is 12.6. The van der Waals surface area contributed by atoms with Gasteiger partial charge in [-0.2, -0.15) is 4.37 Å². The summed E-state index contributed by atoms with van der Waals surface area (Å²) in [6.45, 7) is 2.73. The van der Waals surface area contributed by atoms with Gasteiger partial charge in [-0.05, 0) is 74.5 Å². The Morgan fingerprint density at radius 1 is 1.14 bits per heavy atom. The Morgan fingerprint density at radius 2 is 1.91 bits per heavy atom. The summed E-state index contributed by atoms with van der Waals surface area (Å²) in [5.74, 6) is -0.185. The maximum atomic E-state index is 14.8. The van der Waals surface area contributed by atoms with E-state index in [-0.39, 0.29) is 29.3 Å². The van der Waals surface area contributed by atoms with Gasteiger partial charge in [-0.3, -0.25) is 9.59 Å². The van der Waals surface area contributed by atoms with Gasteiger partial charge in [0.2, 0.25) is 0 Å². The van der Waals surface area contributed by atoms with Crippen molar-refractivity contribution in [2.45, 2.75) is 44.8 Å². The molecule has 0 unspecified atom stereocenters. The summed E-state index contributed by atoms with van der Waals surface area (Å²) >= 11 is 1.26. The Bertz CT molecular complexity index is 1230. The summed E-state index contributed by atoms with van der Waals surface area (Å²) in [4.78, 5) is 31.5. The van der Waals surface area contributed by atoms with Crippen LogP contribution in [0.15, 0.2) is 42.6 Å². The first-order valence-electron chi connectivity index (χ1n) is 11.8. The van der Waals surface area contributed by atoms with Gasteiger partial charge >= 0.3 is 0 Å². The van der Waals surface area contributed by atoms with E-state index >= 15 is 0 Å². The highest BCUT2D eigenvalue weighted by Crippen LogP contribution is 2.33. The van der Waals surface area contributed by atoms with Crippen molar-refractivity contribution in [1.29, 1.82) is 0 Å². The van der Waals surface area contributed by atoms with Gasteiger partial charge in [-0.15, -0.1) is 0 Å². The number of ether oxygens (including phenoxy) is 1. The summed E-state index contributed by atoms with van der Waals surface area (Å²) in [6, 6.07) is 9.80. The van der Waals surface area contributed by atoms with Crippen molar-refractivity contribution in [3.8, 4) is 17.0 Å². The molecule has 1 aromatic carbocycles. The van der Waals surface area contributed by atoms with E-state index in [4.69, 9.17) is 4.74 Å². The lowest BCUT2D eigenvalue weighted by atomic mass is 10.0. The second kappa shape index (κ2) is 9.83. The summed E-state index contributed by atoms with van der Waals surface area (Å²) in [5.41, 5.74) is 1.66. The van der Waals surface area contributed by atoms with Crippen LogP contribution in [0.1, 0.15) is 64.4 Å². The largest absolute Gasteiger partial charge is 0.484 e. The van der Waals surface area contributed by atoms with Gasteiger partial charge in [0, 0.05) is 24.6 Å². The molecule has 3 aromatic rings. The molecule has 7 nitrogen and oxygen atoms in total. The summed E-state index contributed by atoms with van der Waals surface area (Å²) in [6.07, 6.45) is 3.74. The third kappa shape index (κ3) is 5.26. The Labute approximate surface area is 206 Å². The van der Waals surface area contributed by atoms with Gasteiger partial charge in [0.1, 0.15) is 23.4 Å². The SMILES string of the molecule is C[C@@H](Oc1ccc(C(=O)C2CC2)nc1)c1cc(-c2ccc(C(=O)N3CCC(O)CC3)c(F)c2)ns1. The minimum Gasteiger partial charge on any atom is -0.484 e. The fourth-order valence-electron chi connectivity index (χ4n) is 4.12. The topological polar surface area (TPSA) is 92.6 Å². The minimum atomic E-state index is -0.593. The monoisotopic (exact) mass is 495 g/mol. The summed E-state index contributed by atoms with van der Waals surface area (Å²) in [5, 5.41) is 9.63. The molecule has 1 atom stereocenters. The summed E-state index contributed by atoms with van der Waals surface area (Å²) < 4.78 is 25.2. The first-order chi connectivity index (χ1) is 16.9. The number of benzene rings is 1. The molecule has 5 rings (SSSR count). The number of aliphatic hydroxyl groups excluding tert-OH is 1. The van der Waals surface area contributed by atoms with Crippen LogP contribution < -0.4 is 4.74 Å². The van der Waals surface area contributed by atoms with Crippen LogP contribution >= 0.6 is 11.5 Å². The molecule has 0 bridgehead atoms. The van der Waals surface area contributed by atoms with Crippen molar-refractivity contribution in [3.63, 3.8) is 0 Å². The van der Waals surface area contributed by atoms with E-state index in [1.807, 2.05) is 13.0 Å². The van der Waals surface area contributed by atoms with Crippen molar-refractivity contribution < 1.29 is 23.8 Å². The third-order valence-electron chi connectivity index (χ3n) is 6.43. The number of nitrogens with zero attached hydrogens (tertiary/aromatic N) is 3. The molecule has 182 valence electrons. The number of carbonyl (C=O) groups excluding carboxylic acids is 2. The molecule has 1 amide bonds. The van der Waals surface area contributed by atoms with Gasteiger partial charge in [-0.1, -0.05) is 6.07 Å². The lowest BCUT2D eigenvalue weighted by Crippen LogP contribution is -2.40. The molecule has 1 aliphatic carbocycles. The van der Waals surface area contributed by atoms with Gasteiger partial charge in [-0.25, -0.2) is 9.37 Å². The van der Waals surface area contributed by atoms with Crippen molar-refractivity contribution in [3.05, 3.63) is 64.5 Å². The Hall–Kier alpha value is -3.17. The molecule has 1 aliphatic heterocycles. The molecular formula is C26H26FN3O4S. The number of pyridine rings is 1. The number of halogens is 1. The Kier molecular flexibility index (Phi) is 6.62. The van der Waals surface area contributed by atoms with Gasteiger partial charge in [0.25, 0.3) is 5.91 Å². The standard InChI is InChI=1S/C26H26FN3O4S/c1-15(34-19-5-7-22(28-14-19)25(32)16-2-3-16)24-13-23(29-35-24)17-4-6-20(21(27)12-17)26(33)30-10-8-18(31)9-11-30/h4-7,12-16,18,31H,2-3,8-11H2,1H3/t15-/m1/s1. The Balaban J connectivity index is 1.24. The molecule has 2 aromatic heterocycles. The maximum absolute atomic E-state index is 14.8. The van der Waals surface area contributed by atoms with Crippen molar-refractivity contribution >= 4 is 23.2 Å². The van der Waals surface area contributed by atoms with Crippen LogP contribution in [0.5, 0.6) is 5.75 Å². The van der Waals surface area contributed by atoms with Crippen LogP contribution in [0, 0.1) is 11.7 Å². The fourth-order valence-corrected chi connectivity index (χ4v) is 4.84. The van der Waals surface area contributed by atoms with E-state index in [1.165, 1.54) is 23.7 Å². The average Bonchev–Trinajstić information content (AvgIpc) is 3.60. The first kappa shape index (κ1) is 23.6. The highest BCUT2D eigenvalue weighted by molar-refractivity contribution is 7.06. The number of piperidine rings is 1. The molecular weight excluding hydrogens is 469 g/mol. The summed E-state index contributed by atoms with van der Waals surface area (Å²) in [7, 11) is 0. The number of hydrogen-bond donors (Lipinski definition) is 1. The number of likely N-dealkylation sites (tertiary alicyclic amines) is 1. The molecule has 35 heavy (non-hydrogen) atoms. The van der Waals surface area contributed by atoms with Crippen LogP contribution in [0.25, 0.3) is 11.3 Å². The van der Waals surface area contributed by atoms with Crippen LogP contribution in [0.3, 0.4) is 0 Å². The number of amides is 1. The van der Waals surface area contributed by atoms with E-state index in [0.717, 1.165) is 17.7 Å². The number of ketones is 1. The van der Waals surface area contributed by atoms with E-state index in [0.29, 0.717) is 48.6 Å². The van der Waals surface area contributed by atoms with E-state index in [2.05, 4.69) is 9.36 Å². The smallest absolute Gasteiger partial charge is 0.256 e. The maximum Gasteiger partial charge on any atom is 0.256 e. The van der Waals surface area contributed by atoms with Crippen molar-refractivity contribution in [2.75, 3.05) is 13.1 Å². The average molecular weight is 496 g/mol. The van der Waals surface area contributed by atoms with E-state index in [9.17, 15) is 19.1 Å². The van der Waals surface area contributed by atoms with Gasteiger partial charge < -0.3 is 14.7 Å². The second-order valence-corrected chi connectivity index (χ2v) is 9.95.